The van der Waals surface area contributed by atoms with Crippen molar-refractivity contribution < 1.29 is 31.1 Å². The minimum absolute atomic E-state index is 0. The Hall–Kier alpha value is -3.07. The molecule has 16 heteroatoms. The third kappa shape index (κ3) is 8.70. The lowest BCUT2D eigenvalue weighted by Gasteiger charge is -2.39. The van der Waals surface area contributed by atoms with Crippen molar-refractivity contribution in [2.45, 2.75) is 25.2 Å². The van der Waals surface area contributed by atoms with Crippen molar-refractivity contribution in [2.75, 3.05) is 45.1 Å². The molecule has 1 saturated heterocycles. The van der Waals surface area contributed by atoms with Crippen molar-refractivity contribution in [3.05, 3.63) is 99.0 Å². The van der Waals surface area contributed by atoms with E-state index >= 15 is 0 Å². The summed E-state index contributed by atoms with van der Waals surface area (Å²) in [6, 6.07) is 15.3. The Morgan fingerprint density at radius 1 is 0.957 bits per heavy atom. The second kappa shape index (κ2) is 15.0. The van der Waals surface area contributed by atoms with Crippen LogP contribution in [0.1, 0.15) is 41.3 Å². The number of hydrogen-bond donors (Lipinski definition) is 1. The van der Waals surface area contributed by atoms with E-state index in [0.29, 0.717) is 28.7 Å². The van der Waals surface area contributed by atoms with Gasteiger partial charge in [-0.3, -0.25) is 14.8 Å². The largest absolute Gasteiger partial charge is 0.493 e. The standard InChI is InChI=1S/C31H32Cl2F3N5O4S.ClH/c1-2-45-26-19-22(31(34,35)36)7-12-25(26)29-38-27(20-3-8-23(32)9-4-20)28(21-5-10-24(33)11-6-21)41(29)30(42)40-15-13-39(14-16-40)17-18-46(37,43)44;/h3-12,19,27-28H,2,13-18H2,1H3,(H2,37,43,44);1H. The van der Waals surface area contributed by atoms with Gasteiger partial charge in [0.15, 0.2) is 0 Å². The molecule has 254 valence electrons. The third-order valence-corrected chi connectivity index (χ3v) is 9.14. The molecular weight excluding hydrogens is 702 g/mol. The lowest BCUT2D eigenvalue weighted by Crippen LogP contribution is -2.54. The number of nitrogens with zero attached hydrogens (tertiary/aromatic N) is 4. The molecule has 9 nitrogen and oxygen atoms in total. The molecule has 2 aliphatic rings. The molecule has 2 unspecified atom stereocenters. The number of urea groups is 1. The molecule has 2 heterocycles. The maximum absolute atomic E-state index is 14.6. The molecule has 2 amide bonds. The van der Waals surface area contributed by atoms with E-state index in [4.69, 9.17) is 38.1 Å². The lowest BCUT2D eigenvalue weighted by molar-refractivity contribution is -0.137. The number of rotatable bonds is 8. The molecule has 1 fully saturated rings. The molecule has 47 heavy (non-hydrogen) atoms. The Labute approximate surface area is 287 Å². The summed E-state index contributed by atoms with van der Waals surface area (Å²) in [6.45, 7) is 3.32. The van der Waals surface area contributed by atoms with Gasteiger partial charge in [-0.05, 0) is 60.5 Å². The summed E-state index contributed by atoms with van der Waals surface area (Å²) in [5.41, 5.74) is 0.767. The predicted molar refractivity (Wildman–Crippen MR) is 178 cm³/mol. The highest BCUT2D eigenvalue weighted by molar-refractivity contribution is 7.89. The number of primary sulfonamides is 1. The van der Waals surface area contributed by atoms with Gasteiger partial charge in [-0.25, -0.2) is 18.4 Å². The number of nitrogens with two attached hydrogens (primary N) is 1. The molecule has 2 atom stereocenters. The van der Waals surface area contributed by atoms with Crippen LogP contribution >= 0.6 is 35.6 Å². The van der Waals surface area contributed by atoms with Gasteiger partial charge in [0.2, 0.25) is 10.0 Å². The van der Waals surface area contributed by atoms with E-state index in [1.165, 1.54) is 11.0 Å². The van der Waals surface area contributed by atoms with Gasteiger partial charge in [0.25, 0.3) is 0 Å². The number of alkyl halides is 3. The second-order valence-electron chi connectivity index (χ2n) is 10.9. The van der Waals surface area contributed by atoms with Gasteiger partial charge >= 0.3 is 12.2 Å². The average molecular weight is 735 g/mol. The van der Waals surface area contributed by atoms with Gasteiger partial charge in [-0.1, -0.05) is 47.5 Å². The van der Waals surface area contributed by atoms with Crippen LogP contribution in [0.4, 0.5) is 18.0 Å². The van der Waals surface area contributed by atoms with Gasteiger partial charge in [0.05, 0.1) is 29.5 Å². The van der Waals surface area contributed by atoms with E-state index in [1.807, 2.05) is 4.90 Å². The number of hydrogen-bond acceptors (Lipinski definition) is 6. The second-order valence-corrected chi connectivity index (χ2v) is 13.5. The first-order valence-electron chi connectivity index (χ1n) is 14.5. The molecule has 0 aliphatic carbocycles. The summed E-state index contributed by atoms with van der Waals surface area (Å²) >= 11 is 12.4. The van der Waals surface area contributed by atoms with E-state index in [0.717, 1.165) is 17.7 Å². The van der Waals surface area contributed by atoms with Crippen molar-refractivity contribution in [3.8, 4) is 5.75 Å². The molecule has 0 spiro atoms. The van der Waals surface area contributed by atoms with Crippen LogP contribution in [-0.4, -0.2) is 80.1 Å². The minimum Gasteiger partial charge on any atom is -0.493 e. The molecule has 0 saturated carbocycles. The first-order valence-corrected chi connectivity index (χ1v) is 17.0. The number of halogens is 6. The zero-order chi connectivity index (χ0) is 33.2. The molecule has 3 aromatic rings. The number of aliphatic imine (C=N–C) groups is 1. The highest BCUT2D eigenvalue weighted by atomic mass is 35.5. The van der Waals surface area contributed by atoms with Crippen molar-refractivity contribution in [1.29, 1.82) is 0 Å². The molecule has 0 radical (unpaired) electrons. The SMILES string of the molecule is CCOc1cc(C(F)(F)F)ccc1C1=NC(c2ccc(Cl)cc2)C(c2ccc(Cl)cc2)N1C(=O)N1CCN(CCS(N)(=O)=O)CC1.Cl. The van der Waals surface area contributed by atoms with E-state index in [9.17, 15) is 26.4 Å². The zero-order valence-corrected chi connectivity index (χ0v) is 28.3. The quantitative estimate of drug-likeness (QED) is 0.288. The lowest BCUT2D eigenvalue weighted by atomic mass is 9.93. The smallest absolute Gasteiger partial charge is 0.416 e. The maximum atomic E-state index is 14.6. The van der Waals surface area contributed by atoms with Crippen molar-refractivity contribution >= 4 is 57.5 Å². The van der Waals surface area contributed by atoms with Crippen LogP contribution in [0.15, 0.2) is 71.7 Å². The Bertz CT molecular complexity index is 1700. The van der Waals surface area contributed by atoms with Crippen molar-refractivity contribution in [1.82, 2.24) is 14.7 Å². The average Bonchev–Trinajstić information content (AvgIpc) is 3.40. The zero-order valence-electron chi connectivity index (χ0n) is 25.2. The van der Waals surface area contributed by atoms with Crippen LogP contribution in [-0.2, 0) is 16.2 Å². The fourth-order valence-electron chi connectivity index (χ4n) is 5.58. The number of amides is 2. The van der Waals surface area contributed by atoms with Gasteiger partial charge in [-0.15, -0.1) is 12.4 Å². The number of carbonyl (C=O) groups is 1. The number of sulfonamides is 1. The van der Waals surface area contributed by atoms with Crippen LogP contribution in [0.25, 0.3) is 0 Å². The Balaban J connectivity index is 0.00000500. The number of ether oxygens (including phenoxy) is 1. The van der Waals surface area contributed by atoms with E-state index in [1.54, 1.807) is 60.4 Å². The first-order chi connectivity index (χ1) is 21.7. The molecule has 0 bridgehead atoms. The van der Waals surface area contributed by atoms with Crippen molar-refractivity contribution in [3.63, 3.8) is 0 Å². The highest BCUT2D eigenvalue weighted by Crippen LogP contribution is 2.46. The van der Waals surface area contributed by atoms with Crippen LogP contribution in [0.3, 0.4) is 0 Å². The summed E-state index contributed by atoms with van der Waals surface area (Å²) in [5, 5.41) is 6.16. The Morgan fingerprint density at radius 3 is 2.06 bits per heavy atom. The maximum Gasteiger partial charge on any atom is 0.416 e. The molecule has 3 aromatic carbocycles. The Kier molecular flexibility index (Phi) is 11.7. The summed E-state index contributed by atoms with van der Waals surface area (Å²) in [4.78, 5) is 24.6. The highest BCUT2D eigenvalue weighted by Gasteiger charge is 2.45. The summed E-state index contributed by atoms with van der Waals surface area (Å²) < 4.78 is 69.8. The Morgan fingerprint density at radius 2 is 1.53 bits per heavy atom. The van der Waals surface area contributed by atoms with Crippen LogP contribution < -0.4 is 9.88 Å². The fourth-order valence-corrected chi connectivity index (χ4v) is 6.35. The molecule has 0 aromatic heterocycles. The monoisotopic (exact) mass is 733 g/mol. The van der Waals surface area contributed by atoms with Gasteiger partial charge in [0.1, 0.15) is 17.6 Å². The number of amidine groups is 1. The van der Waals surface area contributed by atoms with E-state index in [2.05, 4.69) is 0 Å². The number of piperazine rings is 1. The third-order valence-electron chi connectivity index (χ3n) is 7.88. The summed E-state index contributed by atoms with van der Waals surface area (Å²) in [5.74, 6) is -0.119. The predicted octanol–water partition coefficient (Wildman–Crippen LogP) is 6.40. The van der Waals surface area contributed by atoms with Crippen LogP contribution in [0.5, 0.6) is 5.75 Å². The summed E-state index contributed by atoms with van der Waals surface area (Å²) in [7, 11) is -3.65. The minimum atomic E-state index is -4.61. The molecule has 2 N–H and O–H groups in total. The summed E-state index contributed by atoms with van der Waals surface area (Å²) in [6.07, 6.45) is -4.61. The fraction of sp³-hybridized carbons (Fsp3) is 0.355. The number of carbonyl (C=O) groups excluding carboxylic acids is 1. The topological polar surface area (TPSA) is 109 Å². The van der Waals surface area contributed by atoms with Crippen molar-refractivity contribution in [2.24, 2.45) is 10.1 Å². The van der Waals surface area contributed by atoms with E-state index in [-0.39, 0.29) is 61.5 Å². The van der Waals surface area contributed by atoms with Crippen LogP contribution in [0, 0.1) is 0 Å². The van der Waals surface area contributed by atoms with E-state index < -0.39 is 39.9 Å². The normalized spacial score (nSPS) is 18.9. The van der Waals surface area contributed by atoms with Gasteiger partial charge in [0, 0.05) is 42.8 Å². The first kappa shape index (κ1) is 36.8. The molecule has 2 aliphatic heterocycles. The van der Waals surface area contributed by atoms with Gasteiger partial charge in [-0.2, -0.15) is 13.2 Å². The molecule has 5 rings (SSSR count). The number of benzene rings is 3. The molecular formula is C31H33Cl3F3N5O4S. The van der Waals surface area contributed by atoms with Crippen LogP contribution in [0.2, 0.25) is 10.0 Å². The van der Waals surface area contributed by atoms with Gasteiger partial charge < -0.3 is 9.64 Å².